The van der Waals surface area contributed by atoms with E-state index in [9.17, 15) is 16.8 Å². The first-order valence-corrected chi connectivity index (χ1v) is 8.43. The van der Waals surface area contributed by atoms with Crippen LogP contribution in [-0.2, 0) is 20.2 Å². The van der Waals surface area contributed by atoms with Crippen molar-refractivity contribution < 1.29 is 25.9 Å². The highest BCUT2D eigenvalue weighted by Gasteiger charge is 2.17. The Hall–Kier alpha value is -0.180. The minimum absolute atomic E-state index is 0.457. The Morgan fingerprint density at radius 3 is 1.18 bits per heavy atom. The standard InChI is InChI=1S/C5H12O3S.C4H10O3S/c1-3-5(4-2)9(6,7)8;1-3-4(2)8(5,6)7/h5H,3-4H2,1-2H3,(H,6,7,8);4H,3H2,1-2H3,(H,5,6,7). The molecule has 0 aromatic carbocycles. The lowest BCUT2D eigenvalue weighted by atomic mass is 10.3. The van der Waals surface area contributed by atoms with Gasteiger partial charge in [-0.2, -0.15) is 16.8 Å². The average molecular weight is 290 g/mol. The summed E-state index contributed by atoms with van der Waals surface area (Å²) in [4.78, 5) is 0. The molecule has 0 aromatic heterocycles. The van der Waals surface area contributed by atoms with Gasteiger partial charge in [-0.05, 0) is 26.2 Å². The fraction of sp³-hybridized carbons (Fsp3) is 1.00. The van der Waals surface area contributed by atoms with Gasteiger partial charge in [0.05, 0.1) is 10.5 Å². The maximum absolute atomic E-state index is 10.3. The SMILES string of the molecule is CCC(C)S(=O)(=O)O.CCC(CC)S(=O)(=O)O. The summed E-state index contributed by atoms with van der Waals surface area (Å²) in [5.74, 6) is 0. The van der Waals surface area contributed by atoms with Gasteiger partial charge >= 0.3 is 0 Å². The van der Waals surface area contributed by atoms with Gasteiger partial charge in [0.1, 0.15) is 0 Å². The molecule has 1 unspecified atom stereocenters. The van der Waals surface area contributed by atoms with E-state index in [0.29, 0.717) is 19.3 Å². The van der Waals surface area contributed by atoms with Crippen molar-refractivity contribution in [3.05, 3.63) is 0 Å². The van der Waals surface area contributed by atoms with Gasteiger partial charge in [-0.1, -0.05) is 20.8 Å². The average Bonchev–Trinajstić information content (AvgIpc) is 2.15. The van der Waals surface area contributed by atoms with Gasteiger partial charge in [0, 0.05) is 0 Å². The third-order valence-electron chi connectivity index (χ3n) is 2.42. The van der Waals surface area contributed by atoms with Crippen molar-refractivity contribution in [3.63, 3.8) is 0 Å². The van der Waals surface area contributed by atoms with Crippen LogP contribution in [-0.4, -0.2) is 36.4 Å². The highest BCUT2D eigenvalue weighted by Crippen LogP contribution is 2.06. The van der Waals surface area contributed by atoms with Crippen molar-refractivity contribution in [2.45, 2.75) is 57.5 Å². The Morgan fingerprint density at radius 1 is 0.824 bits per heavy atom. The first-order valence-electron chi connectivity index (χ1n) is 5.43. The molecule has 6 nitrogen and oxygen atoms in total. The number of hydrogen-bond acceptors (Lipinski definition) is 4. The zero-order chi connectivity index (χ0) is 14.3. The number of rotatable bonds is 5. The molecule has 2 N–H and O–H groups in total. The van der Waals surface area contributed by atoms with Crippen molar-refractivity contribution in [2.75, 3.05) is 0 Å². The van der Waals surface area contributed by atoms with Gasteiger partial charge in [0.25, 0.3) is 20.2 Å². The summed E-state index contributed by atoms with van der Waals surface area (Å²) in [7, 11) is -7.52. The van der Waals surface area contributed by atoms with E-state index in [1.165, 1.54) is 6.92 Å². The summed E-state index contributed by atoms with van der Waals surface area (Å²) in [6, 6.07) is 0. The van der Waals surface area contributed by atoms with E-state index in [4.69, 9.17) is 9.11 Å². The molecule has 0 aliphatic rings. The molecule has 0 bridgehead atoms. The molecular formula is C9H22O6S2. The highest BCUT2D eigenvalue weighted by atomic mass is 32.2. The monoisotopic (exact) mass is 290 g/mol. The Morgan fingerprint density at radius 2 is 1.18 bits per heavy atom. The molecular weight excluding hydrogens is 268 g/mol. The van der Waals surface area contributed by atoms with Crippen LogP contribution in [0.15, 0.2) is 0 Å². The van der Waals surface area contributed by atoms with Crippen molar-refractivity contribution in [1.82, 2.24) is 0 Å². The van der Waals surface area contributed by atoms with E-state index in [2.05, 4.69) is 0 Å². The van der Waals surface area contributed by atoms with Crippen molar-refractivity contribution in [3.8, 4) is 0 Å². The topological polar surface area (TPSA) is 109 Å². The second-order valence-corrected chi connectivity index (χ2v) is 7.22. The van der Waals surface area contributed by atoms with Crippen LogP contribution >= 0.6 is 0 Å². The molecule has 8 heteroatoms. The van der Waals surface area contributed by atoms with Crippen molar-refractivity contribution in [1.29, 1.82) is 0 Å². The molecule has 106 valence electrons. The second kappa shape index (κ2) is 8.02. The maximum atomic E-state index is 10.3. The van der Waals surface area contributed by atoms with Crippen LogP contribution in [0.2, 0.25) is 0 Å². The predicted molar refractivity (Wildman–Crippen MR) is 67.2 cm³/mol. The molecule has 0 spiro atoms. The van der Waals surface area contributed by atoms with E-state index >= 15 is 0 Å². The molecule has 0 saturated heterocycles. The van der Waals surface area contributed by atoms with Crippen LogP contribution in [0.25, 0.3) is 0 Å². The minimum Gasteiger partial charge on any atom is -0.285 e. The van der Waals surface area contributed by atoms with Crippen molar-refractivity contribution >= 4 is 20.2 Å². The summed E-state index contributed by atoms with van der Waals surface area (Å²) in [5, 5.41) is -1.19. The van der Waals surface area contributed by atoms with Crippen LogP contribution in [0.1, 0.15) is 47.0 Å². The van der Waals surface area contributed by atoms with Crippen LogP contribution in [0.4, 0.5) is 0 Å². The fourth-order valence-corrected chi connectivity index (χ4v) is 2.18. The van der Waals surface area contributed by atoms with Crippen LogP contribution in [0, 0.1) is 0 Å². The molecule has 0 amide bonds. The normalized spacial score (nSPS) is 14.1. The summed E-state index contributed by atoms with van der Waals surface area (Å²) in [6.07, 6.45) is 1.42. The molecule has 0 aliphatic carbocycles. The molecule has 0 aromatic rings. The molecule has 0 heterocycles. The maximum Gasteiger partial charge on any atom is 0.267 e. The Labute approximate surface area is 104 Å². The first kappa shape index (κ1) is 19.2. The lowest BCUT2D eigenvalue weighted by molar-refractivity contribution is 0.461. The summed E-state index contributed by atoms with van der Waals surface area (Å²) in [5.41, 5.74) is 0. The zero-order valence-corrected chi connectivity index (χ0v) is 12.3. The van der Waals surface area contributed by atoms with Gasteiger partial charge in [-0.15, -0.1) is 0 Å². The summed E-state index contributed by atoms with van der Waals surface area (Å²) < 4.78 is 57.6. The third-order valence-corrected chi connectivity index (χ3v) is 5.27. The van der Waals surface area contributed by atoms with E-state index in [-0.39, 0.29) is 0 Å². The Bertz CT molecular complexity index is 380. The van der Waals surface area contributed by atoms with Crippen LogP contribution in [0.5, 0.6) is 0 Å². The minimum atomic E-state index is -3.77. The van der Waals surface area contributed by atoms with E-state index in [0.717, 1.165) is 0 Å². The van der Waals surface area contributed by atoms with Gasteiger partial charge in [-0.3, -0.25) is 9.11 Å². The van der Waals surface area contributed by atoms with Gasteiger partial charge < -0.3 is 0 Å². The second-order valence-electron chi connectivity index (χ2n) is 3.69. The molecule has 0 rings (SSSR count). The van der Waals surface area contributed by atoms with E-state index in [1.54, 1.807) is 20.8 Å². The van der Waals surface area contributed by atoms with Gasteiger partial charge in [0.2, 0.25) is 0 Å². The van der Waals surface area contributed by atoms with Crippen LogP contribution < -0.4 is 0 Å². The van der Waals surface area contributed by atoms with Gasteiger partial charge in [0.15, 0.2) is 0 Å². The lowest BCUT2D eigenvalue weighted by Crippen LogP contribution is -2.17. The molecule has 1 atom stereocenters. The Balaban J connectivity index is 0. The largest absolute Gasteiger partial charge is 0.285 e. The smallest absolute Gasteiger partial charge is 0.267 e. The lowest BCUT2D eigenvalue weighted by Gasteiger charge is -2.05. The van der Waals surface area contributed by atoms with Crippen molar-refractivity contribution in [2.24, 2.45) is 0 Å². The predicted octanol–water partition coefficient (Wildman–Crippen LogP) is 1.74. The number of hydrogen-bond donors (Lipinski definition) is 2. The van der Waals surface area contributed by atoms with Gasteiger partial charge in [-0.25, -0.2) is 0 Å². The molecule has 0 aliphatic heterocycles. The summed E-state index contributed by atoms with van der Waals surface area (Å²) >= 11 is 0. The van der Waals surface area contributed by atoms with E-state index in [1.807, 2.05) is 0 Å². The van der Waals surface area contributed by atoms with E-state index < -0.39 is 30.7 Å². The molecule has 17 heavy (non-hydrogen) atoms. The fourth-order valence-electron chi connectivity index (χ4n) is 0.921. The summed E-state index contributed by atoms with van der Waals surface area (Å²) in [6.45, 7) is 6.65. The third kappa shape index (κ3) is 9.51. The molecule has 0 saturated carbocycles. The van der Waals surface area contributed by atoms with Crippen LogP contribution in [0.3, 0.4) is 0 Å². The molecule has 0 fully saturated rings. The first-order chi connectivity index (χ1) is 7.50. The zero-order valence-electron chi connectivity index (χ0n) is 10.6. The quantitative estimate of drug-likeness (QED) is 0.746. The highest BCUT2D eigenvalue weighted by molar-refractivity contribution is 7.86. The Kier molecular flexibility index (Phi) is 9.04. The molecule has 0 radical (unpaired) electrons.